The third kappa shape index (κ3) is 4.23. The van der Waals surface area contributed by atoms with Gasteiger partial charge in [-0.1, -0.05) is 29.8 Å². The van der Waals surface area contributed by atoms with Gasteiger partial charge in [0.1, 0.15) is 10.6 Å². The van der Waals surface area contributed by atoms with E-state index in [1.807, 2.05) is 29.8 Å². The van der Waals surface area contributed by atoms with Crippen LogP contribution in [0.15, 0.2) is 53.1 Å². The lowest BCUT2D eigenvalue weighted by atomic mass is 10.1. The Kier molecular flexibility index (Phi) is 5.85. The SMILES string of the molecule is Cc1ccc(Cn2nc(C)c3cc(C(=O)NCC(c4ccco4)N4CCCC4)sc32)cc1. The molecule has 3 aromatic heterocycles. The minimum Gasteiger partial charge on any atom is -0.468 e. The van der Waals surface area contributed by atoms with Crippen LogP contribution in [-0.2, 0) is 6.54 Å². The number of thiophene rings is 1. The standard InChI is InChI=1S/C25H28N4O2S/c1-17-7-9-19(10-8-17)16-29-25-20(18(2)27-29)14-23(32-25)24(30)26-15-21(22-6-5-13-31-22)28-11-3-4-12-28/h5-10,13-14,21H,3-4,11-12,15-16H2,1-2H3,(H,26,30). The molecule has 1 saturated heterocycles. The molecule has 1 amide bonds. The Labute approximate surface area is 191 Å². The van der Waals surface area contributed by atoms with Gasteiger partial charge >= 0.3 is 0 Å². The lowest BCUT2D eigenvalue weighted by Crippen LogP contribution is -2.36. The molecule has 1 fully saturated rings. The summed E-state index contributed by atoms with van der Waals surface area (Å²) in [4.78, 5) is 17.2. The molecule has 1 aliphatic heterocycles. The van der Waals surface area contributed by atoms with Gasteiger partial charge in [-0.05, 0) is 63.5 Å². The molecule has 0 radical (unpaired) electrons. The number of likely N-dealkylation sites (tertiary alicyclic amines) is 1. The number of carbonyl (C=O) groups excluding carboxylic acids is 1. The average molecular weight is 449 g/mol. The summed E-state index contributed by atoms with van der Waals surface area (Å²) in [5.41, 5.74) is 3.40. The second-order valence-corrected chi connectivity index (χ2v) is 9.57. The number of hydrogen-bond donors (Lipinski definition) is 1. The van der Waals surface area contributed by atoms with Crippen molar-refractivity contribution in [3.8, 4) is 0 Å². The first-order chi connectivity index (χ1) is 15.6. The van der Waals surface area contributed by atoms with Gasteiger partial charge < -0.3 is 9.73 Å². The summed E-state index contributed by atoms with van der Waals surface area (Å²) in [6.07, 6.45) is 4.09. The Morgan fingerprint density at radius 1 is 1.19 bits per heavy atom. The van der Waals surface area contributed by atoms with Crippen molar-refractivity contribution in [2.24, 2.45) is 0 Å². The van der Waals surface area contributed by atoms with Crippen LogP contribution in [0.4, 0.5) is 0 Å². The molecule has 0 aliphatic carbocycles. The van der Waals surface area contributed by atoms with Gasteiger partial charge in [0.05, 0.1) is 29.4 Å². The number of carbonyl (C=O) groups is 1. The number of rotatable bonds is 7. The van der Waals surface area contributed by atoms with E-state index in [1.54, 1.807) is 6.26 Å². The van der Waals surface area contributed by atoms with Crippen LogP contribution >= 0.6 is 11.3 Å². The van der Waals surface area contributed by atoms with Crippen molar-refractivity contribution in [3.63, 3.8) is 0 Å². The van der Waals surface area contributed by atoms with Crippen LogP contribution < -0.4 is 5.32 Å². The van der Waals surface area contributed by atoms with Gasteiger partial charge in [-0.25, -0.2) is 0 Å². The first-order valence-electron chi connectivity index (χ1n) is 11.2. The maximum atomic E-state index is 13.0. The molecule has 166 valence electrons. The lowest BCUT2D eigenvalue weighted by Gasteiger charge is -2.25. The first kappa shape index (κ1) is 21.0. The highest BCUT2D eigenvalue weighted by Gasteiger charge is 2.26. The number of benzene rings is 1. The Bertz CT molecular complexity index is 1200. The molecule has 32 heavy (non-hydrogen) atoms. The van der Waals surface area contributed by atoms with Crippen molar-refractivity contribution >= 4 is 27.5 Å². The summed E-state index contributed by atoms with van der Waals surface area (Å²) in [6.45, 7) is 7.40. The molecule has 0 saturated carbocycles. The topological polar surface area (TPSA) is 63.3 Å². The number of aryl methyl sites for hydroxylation is 2. The minimum absolute atomic E-state index is 0.0387. The predicted octanol–water partition coefficient (Wildman–Crippen LogP) is 4.92. The van der Waals surface area contributed by atoms with E-state index in [4.69, 9.17) is 9.52 Å². The fourth-order valence-electron chi connectivity index (χ4n) is 4.42. The van der Waals surface area contributed by atoms with E-state index in [1.165, 1.54) is 35.3 Å². The van der Waals surface area contributed by atoms with Crippen LogP contribution in [0, 0.1) is 13.8 Å². The highest BCUT2D eigenvalue weighted by Crippen LogP contribution is 2.30. The Morgan fingerprint density at radius 2 is 1.97 bits per heavy atom. The molecule has 0 spiro atoms. The van der Waals surface area contributed by atoms with Crippen molar-refractivity contribution in [1.29, 1.82) is 0 Å². The fourth-order valence-corrected chi connectivity index (χ4v) is 5.50. The zero-order chi connectivity index (χ0) is 22.1. The Morgan fingerprint density at radius 3 is 2.69 bits per heavy atom. The van der Waals surface area contributed by atoms with Crippen LogP contribution in [-0.4, -0.2) is 40.2 Å². The zero-order valence-corrected chi connectivity index (χ0v) is 19.3. The van der Waals surface area contributed by atoms with Crippen molar-refractivity contribution in [2.45, 2.75) is 39.3 Å². The first-order valence-corrected chi connectivity index (χ1v) is 12.0. The summed E-state index contributed by atoms with van der Waals surface area (Å²) in [5.74, 6) is 0.872. The second-order valence-electron chi connectivity index (χ2n) is 8.54. The van der Waals surface area contributed by atoms with Crippen molar-refractivity contribution < 1.29 is 9.21 Å². The molecule has 0 bridgehead atoms. The molecule has 5 rings (SSSR count). The van der Waals surface area contributed by atoms with Crippen molar-refractivity contribution in [3.05, 3.63) is 76.2 Å². The van der Waals surface area contributed by atoms with Crippen LogP contribution in [0.1, 0.15) is 51.1 Å². The maximum Gasteiger partial charge on any atom is 0.261 e. The number of hydrogen-bond acceptors (Lipinski definition) is 5. The predicted molar refractivity (Wildman–Crippen MR) is 127 cm³/mol. The molecule has 4 aromatic rings. The molecule has 1 N–H and O–H groups in total. The van der Waals surface area contributed by atoms with E-state index in [0.717, 1.165) is 39.6 Å². The lowest BCUT2D eigenvalue weighted by molar-refractivity contribution is 0.0938. The van der Waals surface area contributed by atoms with Gasteiger partial charge in [0.2, 0.25) is 0 Å². The quantitative estimate of drug-likeness (QED) is 0.436. The molecule has 1 atom stereocenters. The maximum absolute atomic E-state index is 13.0. The van der Waals surface area contributed by atoms with Gasteiger partial charge in [0.15, 0.2) is 0 Å². The van der Waals surface area contributed by atoms with Gasteiger partial charge in [-0.2, -0.15) is 5.10 Å². The molecule has 1 aliphatic rings. The highest BCUT2D eigenvalue weighted by atomic mass is 32.1. The Hall–Kier alpha value is -2.90. The number of nitrogens with one attached hydrogen (secondary N) is 1. The van der Waals surface area contributed by atoms with E-state index >= 15 is 0 Å². The molecule has 1 aromatic carbocycles. The number of furan rings is 1. The van der Waals surface area contributed by atoms with Crippen LogP contribution in [0.5, 0.6) is 0 Å². The normalized spacial score (nSPS) is 15.4. The molecule has 1 unspecified atom stereocenters. The second kappa shape index (κ2) is 8.92. The van der Waals surface area contributed by atoms with Gasteiger partial charge in [-0.3, -0.25) is 14.4 Å². The van der Waals surface area contributed by atoms with Crippen LogP contribution in [0.2, 0.25) is 0 Å². The van der Waals surface area contributed by atoms with Gasteiger partial charge in [0.25, 0.3) is 5.91 Å². The van der Waals surface area contributed by atoms with Crippen molar-refractivity contribution in [1.82, 2.24) is 20.0 Å². The molecule has 7 heteroatoms. The van der Waals surface area contributed by atoms with Crippen LogP contribution in [0.25, 0.3) is 10.2 Å². The van der Waals surface area contributed by atoms with E-state index in [-0.39, 0.29) is 11.9 Å². The monoisotopic (exact) mass is 448 g/mol. The number of fused-ring (bicyclic) bond motifs is 1. The Balaban J connectivity index is 1.32. The fraction of sp³-hybridized carbons (Fsp3) is 0.360. The smallest absolute Gasteiger partial charge is 0.261 e. The third-order valence-corrected chi connectivity index (χ3v) is 7.34. The highest BCUT2D eigenvalue weighted by molar-refractivity contribution is 7.20. The summed E-state index contributed by atoms with van der Waals surface area (Å²) in [5, 5.41) is 8.90. The van der Waals surface area contributed by atoms with E-state index in [9.17, 15) is 4.79 Å². The largest absolute Gasteiger partial charge is 0.468 e. The summed E-state index contributed by atoms with van der Waals surface area (Å²) in [7, 11) is 0. The number of amides is 1. The summed E-state index contributed by atoms with van der Waals surface area (Å²) in [6, 6.07) is 14.5. The number of aromatic nitrogens is 2. The molecular weight excluding hydrogens is 420 g/mol. The molecular formula is C25H28N4O2S. The van der Waals surface area contributed by atoms with Crippen LogP contribution in [0.3, 0.4) is 0 Å². The summed E-state index contributed by atoms with van der Waals surface area (Å²) < 4.78 is 7.68. The third-order valence-electron chi connectivity index (χ3n) is 6.19. The van der Waals surface area contributed by atoms with E-state index < -0.39 is 0 Å². The van der Waals surface area contributed by atoms with E-state index in [0.29, 0.717) is 13.1 Å². The zero-order valence-electron chi connectivity index (χ0n) is 18.5. The van der Waals surface area contributed by atoms with Gasteiger partial charge in [0, 0.05) is 11.9 Å². The molecule has 4 heterocycles. The summed E-state index contributed by atoms with van der Waals surface area (Å²) >= 11 is 1.51. The average Bonchev–Trinajstić information content (AvgIpc) is 3.58. The van der Waals surface area contributed by atoms with Crippen molar-refractivity contribution in [2.75, 3.05) is 19.6 Å². The van der Waals surface area contributed by atoms with E-state index in [2.05, 4.69) is 41.4 Å². The molecule has 6 nitrogen and oxygen atoms in total. The minimum atomic E-state index is -0.0387. The van der Waals surface area contributed by atoms with Gasteiger partial charge in [-0.15, -0.1) is 11.3 Å². The number of nitrogens with zero attached hydrogens (tertiary/aromatic N) is 3.